The van der Waals surface area contributed by atoms with Crippen molar-refractivity contribution in [2.45, 2.75) is 26.7 Å². The number of anilines is 1. The third-order valence-corrected chi connectivity index (χ3v) is 3.77. The van der Waals surface area contributed by atoms with Crippen molar-refractivity contribution >= 4 is 11.6 Å². The third-order valence-electron chi connectivity index (χ3n) is 3.77. The lowest BCUT2D eigenvalue weighted by Gasteiger charge is -2.16. The quantitative estimate of drug-likeness (QED) is 0.855. The van der Waals surface area contributed by atoms with Gasteiger partial charge in [0.1, 0.15) is 5.75 Å². The first-order valence-corrected chi connectivity index (χ1v) is 6.64. The SMILES string of the molecule is CNCC1(C(=O)Nc2cc(C)c(OC)c(C)c2)CC1. The standard InChI is InChI=1S/C15H22N2O2/c1-10-7-12(8-11(2)13(10)19-4)17-14(18)15(5-6-15)9-16-3/h7-8,16H,5-6,9H2,1-4H3,(H,17,18). The van der Waals surface area contributed by atoms with Gasteiger partial charge in [-0.1, -0.05) is 0 Å². The van der Waals surface area contributed by atoms with Crippen molar-refractivity contribution in [3.8, 4) is 5.75 Å². The maximum Gasteiger partial charge on any atom is 0.231 e. The molecular weight excluding hydrogens is 240 g/mol. The molecule has 0 aromatic heterocycles. The van der Waals surface area contributed by atoms with Gasteiger partial charge in [-0.25, -0.2) is 0 Å². The lowest BCUT2D eigenvalue weighted by Crippen LogP contribution is -2.32. The summed E-state index contributed by atoms with van der Waals surface area (Å²) in [5.74, 6) is 1.00. The number of ether oxygens (including phenoxy) is 1. The Kier molecular flexibility index (Phi) is 3.80. The van der Waals surface area contributed by atoms with Crippen molar-refractivity contribution in [2.24, 2.45) is 5.41 Å². The average molecular weight is 262 g/mol. The van der Waals surface area contributed by atoms with Crippen LogP contribution in [0, 0.1) is 19.3 Å². The smallest absolute Gasteiger partial charge is 0.231 e. The van der Waals surface area contributed by atoms with E-state index in [9.17, 15) is 4.79 Å². The largest absolute Gasteiger partial charge is 0.496 e. The Morgan fingerprint density at radius 2 is 1.89 bits per heavy atom. The number of hydrogen-bond acceptors (Lipinski definition) is 3. The molecule has 0 bridgehead atoms. The average Bonchev–Trinajstić information content (AvgIpc) is 3.10. The van der Waals surface area contributed by atoms with Crippen LogP contribution in [-0.2, 0) is 4.79 Å². The third kappa shape index (κ3) is 2.73. The molecule has 1 saturated carbocycles. The van der Waals surface area contributed by atoms with Crippen molar-refractivity contribution in [2.75, 3.05) is 26.0 Å². The molecule has 4 nitrogen and oxygen atoms in total. The highest BCUT2D eigenvalue weighted by Gasteiger charge is 2.49. The zero-order valence-corrected chi connectivity index (χ0v) is 12.1. The summed E-state index contributed by atoms with van der Waals surface area (Å²) in [6.45, 7) is 4.72. The van der Waals surface area contributed by atoms with Gasteiger partial charge in [-0.05, 0) is 57.0 Å². The molecule has 0 heterocycles. The molecule has 0 spiro atoms. The topological polar surface area (TPSA) is 50.4 Å². The first kappa shape index (κ1) is 13.9. The Balaban J connectivity index is 2.14. The van der Waals surface area contributed by atoms with E-state index in [0.29, 0.717) is 0 Å². The second-order valence-electron chi connectivity index (χ2n) is 5.41. The number of hydrogen-bond donors (Lipinski definition) is 2. The number of methoxy groups -OCH3 is 1. The van der Waals surface area contributed by atoms with Crippen molar-refractivity contribution in [3.05, 3.63) is 23.3 Å². The van der Waals surface area contributed by atoms with Gasteiger partial charge in [0.15, 0.2) is 0 Å². The molecule has 2 rings (SSSR count). The molecule has 0 radical (unpaired) electrons. The summed E-state index contributed by atoms with van der Waals surface area (Å²) in [6.07, 6.45) is 1.93. The molecule has 4 heteroatoms. The highest BCUT2D eigenvalue weighted by Crippen LogP contribution is 2.46. The number of nitrogens with one attached hydrogen (secondary N) is 2. The highest BCUT2D eigenvalue weighted by atomic mass is 16.5. The van der Waals surface area contributed by atoms with Crippen LogP contribution in [0.15, 0.2) is 12.1 Å². The predicted molar refractivity (Wildman–Crippen MR) is 76.7 cm³/mol. The summed E-state index contributed by atoms with van der Waals surface area (Å²) in [5, 5.41) is 6.13. The van der Waals surface area contributed by atoms with Crippen molar-refractivity contribution in [1.82, 2.24) is 5.32 Å². The summed E-state index contributed by atoms with van der Waals surface area (Å²) in [4.78, 5) is 12.3. The van der Waals surface area contributed by atoms with E-state index in [1.54, 1.807) is 7.11 Å². The van der Waals surface area contributed by atoms with E-state index in [4.69, 9.17) is 4.74 Å². The van der Waals surface area contributed by atoms with Crippen LogP contribution in [-0.4, -0.2) is 26.6 Å². The molecule has 1 aromatic carbocycles. The maximum atomic E-state index is 12.3. The normalized spacial score (nSPS) is 16.0. The monoisotopic (exact) mass is 262 g/mol. The van der Waals surface area contributed by atoms with E-state index in [0.717, 1.165) is 42.0 Å². The number of benzene rings is 1. The van der Waals surface area contributed by atoms with Crippen LogP contribution < -0.4 is 15.4 Å². The number of carbonyl (C=O) groups excluding carboxylic acids is 1. The summed E-state index contributed by atoms with van der Waals surface area (Å²) in [6, 6.07) is 3.92. The van der Waals surface area contributed by atoms with Crippen LogP contribution in [0.3, 0.4) is 0 Å². The lowest BCUT2D eigenvalue weighted by molar-refractivity contribution is -0.120. The summed E-state index contributed by atoms with van der Waals surface area (Å²) < 4.78 is 5.33. The second-order valence-corrected chi connectivity index (χ2v) is 5.41. The van der Waals surface area contributed by atoms with Crippen LogP contribution >= 0.6 is 0 Å². The Morgan fingerprint density at radius 3 is 2.32 bits per heavy atom. The molecule has 0 unspecified atom stereocenters. The fourth-order valence-electron chi connectivity index (χ4n) is 2.58. The molecule has 2 N–H and O–H groups in total. The molecule has 1 fully saturated rings. The summed E-state index contributed by atoms with van der Waals surface area (Å²) in [7, 11) is 3.55. The minimum atomic E-state index is -0.198. The van der Waals surface area contributed by atoms with Gasteiger partial charge in [0, 0.05) is 12.2 Å². The number of carbonyl (C=O) groups is 1. The van der Waals surface area contributed by atoms with Crippen molar-refractivity contribution < 1.29 is 9.53 Å². The van der Waals surface area contributed by atoms with Crippen LogP contribution in [0.2, 0.25) is 0 Å². The Bertz CT molecular complexity index is 470. The number of rotatable bonds is 5. The van der Waals surface area contributed by atoms with E-state index in [2.05, 4.69) is 10.6 Å². The van der Waals surface area contributed by atoms with Gasteiger partial charge in [-0.15, -0.1) is 0 Å². The van der Waals surface area contributed by atoms with Gasteiger partial charge in [0.2, 0.25) is 5.91 Å². The van der Waals surface area contributed by atoms with Crippen molar-refractivity contribution in [3.63, 3.8) is 0 Å². The van der Waals surface area contributed by atoms with Gasteiger partial charge >= 0.3 is 0 Å². The minimum absolute atomic E-state index is 0.116. The van der Waals surface area contributed by atoms with E-state index in [1.165, 1.54) is 0 Å². The van der Waals surface area contributed by atoms with Gasteiger partial charge < -0.3 is 15.4 Å². The summed E-state index contributed by atoms with van der Waals surface area (Å²) >= 11 is 0. The fraction of sp³-hybridized carbons (Fsp3) is 0.533. The molecule has 1 aliphatic rings. The molecular formula is C15H22N2O2. The molecule has 0 atom stereocenters. The Morgan fingerprint density at radius 1 is 1.32 bits per heavy atom. The number of aryl methyl sites for hydroxylation is 2. The fourth-order valence-corrected chi connectivity index (χ4v) is 2.58. The Hall–Kier alpha value is -1.55. The van der Waals surface area contributed by atoms with Gasteiger partial charge in [0.25, 0.3) is 0 Å². The first-order valence-electron chi connectivity index (χ1n) is 6.64. The highest BCUT2D eigenvalue weighted by molar-refractivity contribution is 5.97. The van der Waals surface area contributed by atoms with Gasteiger partial charge in [-0.3, -0.25) is 4.79 Å². The molecule has 1 aliphatic carbocycles. The van der Waals surface area contributed by atoms with Crippen LogP contribution in [0.5, 0.6) is 5.75 Å². The zero-order chi connectivity index (χ0) is 14.0. The predicted octanol–water partition coefficient (Wildman–Crippen LogP) is 2.25. The maximum absolute atomic E-state index is 12.3. The Labute approximate surface area is 114 Å². The van der Waals surface area contributed by atoms with E-state index >= 15 is 0 Å². The zero-order valence-electron chi connectivity index (χ0n) is 12.1. The molecule has 0 aliphatic heterocycles. The van der Waals surface area contributed by atoms with E-state index in [1.807, 2.05) is 33.0 Å². The van der Waals surface area contributed by atoms with E-state index in [-0.39, 0.29) is 11.3 Å². The van der Waals surface area contributed by atoms with Crippen LogP contribution in [0.25, 0.3) is 0 Å². The van der Waals surface area contributed by atoms with Crippen LogP contribution in [0.1, 0.15) is 24.0 Å². The number of amides is 1. The van der Waals surface area contributed by atoms with Gasteiger partial charge in [-0.2, -0.15) is 0 Å². The molecule has 104 valence electrons. The van der Waals surface area contributed by atoms with Gasteiger partial charge in [0.05, 0.1) is 12.5 Å². The van der Waals surface area contributed by atoms with E-state index < -0.39 is 0 Å². The van der Waals surface area contributed by atoms with Crippen LogP contribution in [0.4, 0.5) is 5.69 Å². The molecule has 19 heavy (non-hydrogen) atoms. The second kappa shape index (κ2) is 5.21. The lowest BCUT2D eigenvalue weighted by atomic mass is 10.1. The molecule has 0 saturated heterocycles. The first-order chi connectivity index (χ1) is 9.02. The minimum Gasteiger partial charge on any atom is -0.496 e. The molecule has 1 aromatic rings. The van der Waals surface area contributed by atoms with Crippen molar-refractivity contribution in [1.29, 1.82) is 0 Å². The summed E-state index contributed by atoms with van der Waals surface area (Å²) in [5.41, 5.74) is 2.73. The molecule has 1 amide bonds.